The summed E-state index contributed by atoms with van der Waals surface area (Å²) in [4.78, 5) is 8.85. The van der Waals surface area contributed by atoms with E-state index in [9.17, 15) is 0 Å². The van der Waals surface area contributed by atoms with Gasteiger partial charge in [0.15, 0.2) is 0 Å². The van der Waals surface area contributed by atoms with E-state index in [1.165, 1.54) is 5.56 Å². The van der Waals surface area contributed by atoms with Crippen molar-refractivity contribution in [3.05, 3.63) is 71.9 Å². The fraction of sp³-hybridized carbons (Fsp3) is 0.333. The van der Waals surface area contributed by atoms with Crippen molar-refractivity contribution >= 4 is 0 Å². The van der Waals surface area contributed by atoms with Crippen LogP contribution in [0.2, 0.25) is 0 Å². The lowest BCUT2D eigenvalue weighted by Crippen LogP contribution is -2.21. The first-order chi connectivity index (χ1) is 14.2. The van der Waals surface area contributed by atoms with Crippen LogP contribution < -0.4 is 0 Å². The summed E-state index contributed by atoms with van der Waals surface area (Å²) in [6, 6.07) is 12.3. The molecule has 0 aliphatic heterocycles. The van der Waals surface area contributed by atoms with Crippen LogP contribution in [0, 0.1) is 0 Å². The molecule has 0 aromatic carbocycles. The SMILES string of the molecule is CC(C)(C)c1cc(-c2ccc(CC(C)(C)c3cc(-c4cccnc4)[nH]n3)cn2)[nH]n1. The zero-order chi connectivity index (χ0) is 21.4. The minimum atomic E-state index is -0.131. The monoisotopic (exact) mass is 400 g/mol. The lowest BCUT2D eigenvalue weighted by molar-refractivity contribution is 0.503. The van der Waals surface area contributed by atoms with Gasteiger partial charge in [0.1, 0.15) is 0 Å². The molecule has 6 heteroatoms. The van der Waals surface area contributed by atoms with Crippen molar-refractivity contribution in [3.8, 4) is 22.6 Å². The van der Waals surface area contributed by atoms with E-state index in [-0.39, 0.29) is 10.8 Å². The van der Waals surface area contributed by atoms with Gasteiger partial charge in [0.2, 0.25) is 0 Å². The van der Waals surface area contributed by atoms with Crippen LogP contribution in [0.5, 0.6) is 0 Å². The van der Waals surface area contributed by atoms with E-state index < -0.39 is 0 Å². The van der Waals surface area contributed by atoms with Gasteiger partial charge in [-0.1, -0.05) is 40.7 Å². The summed E-state index contributed by atoms with van der Waals surface area (Å²) in [7, 11) is 0. The van der Waals surface area contributed by atoms with E-state index in [4.69, 9.17) is 0 Å². The molecule has 4 rings (SSSR count). The Morgan fingerprint density at radius 2 is 1.57 bits per heavy atom. The van der Waals surface area contributed by atoms with Crippen molar-refractivity contribution in [2.45, 2.75) is 51.9 Å². The maximum Gasteiger partial charge on any atom is 0.0880 e. The number of aromatic nitrogens is 6. The summed E-state index contributed by atoms with van der Waals surface area (Å²) in [5, 5.41) is 15.2. The number of rotatable bonds is 5. The van der Waals surface area contributed by atoms with Gasteiger partial charge in [-0.25, -0.2) is 0 Å². The van der Waals surface area contributed by atoms with E-state index >= 15 is 0 Å². The fourth-order valence-corrected chi connectivity index (χ4v) is 3.46. The van der Waals surface area contributed by atoms with Crippen LogP contribution >= 0.6 is 0 Å². The minimum Gasteiger partial charge on any atom is -0.277 e. The zero-order valence-corrected chi connectivity index (χ0v) is 18.2. The molecule has 4 aromatic heterocycles. The predicted octanol–water partition coefficient (Wildman–Crippen LogP) is 5.07. The third kappa shape index (κ3) is 4.17. The summed E-state index contributed by atoms with van der Waals surface area (Å²) >= 11 is 0. The van der Waals surface area contributed by atoms with Gasteiger partial charge in [0.25, 0.3) is 0 Å². The van der Waals surface area contributed by atoms with Crippen molar-refractivity contribution in [3.63, 3.8) is 0 Å². The van der Waals surface area contributed by atoms with E-state index in [1.807, 2.05) is 24.5 Å². The number of hydrogen-bond acceptors (Lipinski definition) is 4. The summed E-state index contributed by atoms with van der Waals surface area (Å²) in [6.07, 6.45) is 6.40. The third-order valence-corrected chi connectivity index (χ3v) is 5.34. The van der Waals surface area contributed by atoms with E-state index in [1.54, 1.807) is 6.20 Å². The van der Waals surface area contributed by atoms with Crippen molar-refractivity contribution in [2.75, 3.05) is 0 Å². The van der Waals surface area contributed by atoms with Gasteiger partial charge >= 0.3 is 0 Å². The summed E-state index contributed by atoms with van der Waals surface area (Å²) < 4.78 is 0. The van der Waals surface area contributed by atoms with Crippen LogP contribution in [0.25, 0.3) is 22.6 Å². The Balaban J connectivity index is 1.50. The van der Waals surface area contributed by atoms with Gasteiger partial charge in [0, 0.05) is 35.0 Å². The second-order valence-corrected chi connectivity index (χ2v) is 9.44. The van der Waals surface area contributed by atoms with Gasteiger partial charge in [-0.15, -0.1) is 0 Å². The van der Waals surface area contributed by atoms with Crippen molar-refractivity contribution in [2.24, 2.45) is 0 Å². The summed E-state index contributed by atoms with van der Waals surface area (Å²) in [6.45, 7) is 10.9. The molecular formula is C24H28N6. The smallest absolute Gasteiger partial charge is 0.0880 e. The standard InChI is InChI=1S/C24H28N6/c1-23(2,3)21-12-20(28-29-21)18-9-8-16(14-26-18)13-24(4,5)22-11-19(27-30-22)17-7-6-10-25-15-17/h6-12,14-15H,13H2,1-5H3,(H,27,30)(H,28,29). The Bertz CT molecular complexity index is 1110. The van der Waals surface area contributed by atoms with Gasteiger partial charge < -0.3 is 0 Å². The van der Waals surface area contributed by atoms with Gasteiger partial charge in [0.05, 0.1) is 28.5 Å². The molecule has 0 saturated carbocycles. The highest BCUT2D eigenvalue weighted by molar-refractivity contribution is 5.58. The molecule has 154 valence electrons. The second-order valence-electron chi connectivity index (χ2n) is 9.44. The number of nitrogens with one attached hydrogen (secondary N) is 2. The number of hydrogen-bond donors (Lipinski definition) is 2. The first kappa shape index (κ1) is 20.0. The molecule has 0 radical (unpaired) electrons. The summed E-state index contributed by atoms with van der Waals surface area (Å²) in [5.41, 5.74) is 6.97. The molecule has 2 N–H and O–H groups in total. The van der Waals surface area contributed by atoms with E-state index in [0.29, 0.717) is 0 Å². The Morgan fingerprint density at radius 3 is 2.20 bits per heavy atom. The predicted molar refractivity (Wildman–Crippen MR) is 119 cm³/mol. The number of pyridine rings is 2. The maximum atomic E-state index is 4.67. The normalized spacial score (nSPS) is 12.3. The molecule has 30 heavy (non-hydrogen) atoms. The van der Waals surface area contributed by atoms with Crippen LogP contribution in [0.15, 0.2) is 55.0 Å². The average Bonchev–Trinajstić information content (AvgIpc) is 3.39. The molecule has 0 amide bonds. The second kappa shape index (κ2) is 7.52. The molecule has 0 aliphatic rings. The van der Waals surface area contributed by atoms with Gasteiger partial charge in [-0.05, 0) is 42.3 Å². The minimum absolute atomic E-state index is 0.0109. The Kier molecular flexibility index (Phi) is 5.02. The highest BCUT2D eigenvalue weighted by Crippen LogP contribution is 2.30. The Hall–Kier alpha value is -3.28. The van der Waals surface area contributed by atoms with Crippen LogP contribution in [-0.2, 0) is 17.3 Å². The largest absolute Gasteiger partial charge is 0.277 e. The van der Waals surface area contributed by atoms with Crippen molar-refractivity contribution in [1.82, 2.24) is 30.4 Å². The quantitative estimate of drug-likeness (QED) is 0.490. The van der Waals surface area contributed by atoms with E-state index in [0.717, 1.165) is 40.5 Å². The zero-order valence-electron chi connectivity index (χ0n) is 18.2. The molecule has 0 saturated heterocycles. The highest BCUT2D eigenvalue weighted by atomic mass is 15.1. The lowest BCUT2D eigenvalue weighted by atomic mass is 9.83. The topological polar surface area (TPSA) is 83.1 Å². The number of H-pyrrole nitrogens is 2. The highest BCUT2D eigenvalue weighted by Gasteiger charge is 2.25. The number of aromatic amines is 2. The van der Waals surface area contributed by atoms with E-state index in [2.05, 4.69) is 89.2 Å². The first-order valence-corrected chi connectivity index (χ1v) is 10.2. The molecule has 4 heterocycles. The molecule has 6 nitrogen and oxygen atoms in total. The van der Waals surface area contributed by atoms with Crippen LogP contribution in [-0.4, -0.2) is 30.4 Å². The molecule has 0 atom stereocenters. The molecular weight excluding hydrogens is 372 g/mol. The van der Waals surface area contributed by atoms with Crippen molar-refractivity contribution in [1.29, 1.82) is 0 Å². The number of nitrogens with zero attached hydrogens (tertiary/aromatic N) is 4. The third-order valence-electron chi connectivity index (χ3n) is 5.34. The average molecular weight is 401 g/mol. The molecule has 4 aromatic rings. The summed E-state index contributed by atoms with van der Waals surface area (Å²) in [5.74, 6) is 0. The molecule has 0 unspecified atom stereocenters. The fourth-order valence-electron chi connectivity index (χ4n) is 3.46. The molecule has 0 aliphatic carbocycles. The Morgan fingerprint density at radius 1 is 0.833 bits per heavy atom. The lowest BCUT2D eigenvalue weighted by Gasteiger charge is -2.22. The van der Waals surface area contributed by atoms with Crippen molar-refractivity contribution < 1.29 is 0 Å². The Labute approximate surface area is 177 Å². The molecule has 0 spiro atoms. The van der Waals surface area contributed by atoms with Gasteiger partial charge in [-0.3, -0.25) is 20.2 Å². The molecule has 0 bridgehead atoms. The molecule has 0 fully saturated rings. The van der Waals surface area contributed by atoms with Crippen LogP contribution in [0.3, 0.4) is 0 Å². The van der Waals surface area contributed by atoms with Crippen LogP contribution in [0.1, 0.15) is 51.6 Å². The first-order valence-electron chi connectivity index (χ1n) is 10.2. The van der Waals surface area contributed by atoms with Crippen LogP contribution in [0.4, 0.5) is 0 Å². The maximum absolute atomic E-state index is 4.67. The van der Waals surface area contributed by atoms with Gasteiger partial charge in [-0.2, -0.15) is 10.2 Å².